The minimum atomic E-state index is 0.807. The fraction of sp³-hybridized carbons (Fsp3) is 0.471. The first kappa shape index (κ1) is 14.3. The van der Waals surface area contributed by atoms with Crippen molar-refractivity contribution >= 4 is 16.6 Å². The molecule has 2 N–H and O–H groups in total. The zero-order valence-corrected chi connectivity index (χ0v) is 12.8. The zero-order valence-electron chi connectivity index (χ0n) is 12.8. The van der Waals surface area contributed by atoms with E-state index < -0.39 is 0 Å². The molecule has 4 heteroatoms. The third-order valence-corrected chi connectivity index (χ3v) is 4.32. The predicted molar refractivity (Wildman–Crippen MR) is 88.2 cm³/mol. The molecule has 1 aromatic heterocycles. The number of nitrogens with zero attached hydrogens (tertiary/aromatic N) is 3. The van der Waals surface area contributed by atoms with Crippen LogP contribution in [0.1, 0.15) is 18.4 Å². The number of aromatic nitrogens is 1. The molecule has 0 bridgehead atoms. The summed E-state index contributed by atoms with van der Waals surface area (Å²) in [4.78, 5) is 9.44. The van der Waals surface area contributed by atoms with E-state index in [1.807, 2.05) is 24.4 Å². The highest BCUT2D eigenvalue weighted by atomic mass is 15.2. The zero-order chi connectivity index (χ0) is 14.7. The SMILES string of the molecule is CN(CCN1CCCC1)Cc1ccc(N)c2cccnc12. The minimum absolute atomic E-state index is 0.807. The smallest absolute Gasteiger partial charge is 0.0767 e. The van der Waals surface area contributed by atoms with E-state index in [1.165, 1.54) is 31.5 Å². The average Bonchev–Trinajstić information content (AvgIpc) is 3.02. The van der Waals surface area contributed by atoms with Gasteiger partial charge < -0.3 is 15.5 Å². The van der Waals surface area contributed by atoms with Gasteiger partial charge in [0.2, 0.25) is 0 Å². The van der Waals surface area contributed by atoms with Crippen LogP contribution in [-0.4, -0.2) is 48.0 Å². The summed E-state index contributed by atoms with van der Waals surface area (Å²) in [6.07, 6.45) is 4.56. The van der Waals surface area contributed by atoms with Crippen molar-refractivity contribution < 1.29 is 0 Å². The van der Waals surface area contributed by atoms with Gasteiger partial charge in [0.1, 0.15) is 0 Å². The summed E-state index contributed by atoms with van der Waals surface area (Å²) < 4.78 is 0. The molecule has 0 atom stereocenters. The Bertz CT molecular complexity index is 605. The van der Waals surface area contributed by atoms with Crippen LogP contribution in [0.25, 0.3) is 10.9 Å². The lowest BCUT2D eigenvalue weighted by atomic mass is 10.1. The number of pyridine rings is 1. The molecular weight excluding hydrogens is 260 g/mol. The summed E-state index contributed by atoms with van der Waals surface area (Å²) in [5.41, 5.74) is 9.13. The first-order valence-corrected chi connectivity index (χ1v) is 7.77. The summed E-state index contributed by atoms with van der Waals surface area (Å²) in [6, 6.07) is 8.09. The van der Waals surface area contributed by atoms with Crippen LogP contribution in [0.5, 0.6) is 0 Å². The second-order valence-corrected chi connectivity index (χ2v) is 6.00. The highest BCUT2D eigenvalue weighted by Gasteiger charge is 2.13. The van der Waals surface area contributed by atoms with E-state index in [0.717, 1.165) is 36.2 Å². The molecule has 21 heavy (non-hydrogen) atoms. The molecule has 2 aromatic rings. The lowest BCUT2D eigenvalue weighted by Crippen LogP contribution is -2.31. The molecule has 1 aromatic carbocycles. The monoisotopic (exact) mass is 284 g/mol. The molecule has 4 nitrogen and oxygen atoms in total. The van der Waals surface area contributed by atoms with Crippen LogP contribution in [0.2, 0.25) is 0 Å². The lowest BCUT2D eigenvalue weighted by molar-refractivity contribution is 0.253. The maximum absolute atomic E-state index is 6.04. The summed E-state index contributed by atoms with van der Waals surface area (Å²) in [6.45, 7) is 5.71. The van der Waals surface area contributed by atoms with E-state index in [1.54, 1.807) is 0 Å². The summed E-state index contributed by atoms with van der Waals surface area (Å²) in [5.74, 6) is 0. The highest BCUT2D eigenvalue weighted by Crippen LogP contribution is 2.23. The number of hydrogen-bond acceptors (Lipinski definition) is 4. The van der Waals surface area contributed by atoms with Crippen LogP contribution in [0.3, 0.4) is 0 Å². The van der Waals surface area contributed by atoms with Gasteiger partial charge in [0, 0.05) is 36.9 Å². The molecule has 0 unspecified atom stereocenters. The molecule has 112 valence electrons. The number of hydrogen-bond donors (Lipinski definition) is 1. The van der Waals surface area contributed by atoms with Crippen molar-refractivity contribution in [2.45, 2.75) is 19.4 Å². The number of fused-ring (bicyclic) bond motifs is 1. The van der Waals surface area contributed by atoms with Crippen LogP contribution in [-0.2, 0) is 6.54 Å². The molecule has 0 radical (unpaired) electrons. The Morgan fingerprint density at radius 2 is 2.05 bits per heavy atom. The molecule has 1 fully saturated rings. The Labute approximate surface area is 126 Å². The van der Waals surface area contributed by atoms with Gasteiger partial charge in [0.15, 0.2) is 0 Å². The molecule has 1 aliphatic heterocycles. The van der Waals surface area contributed by atoms with Crippen LogP contribution in [0.15, 0.2) is 30.5 Å². The van der Waals surface area contributed by atoms with Crippen molar-refractivity contribution in [3.63, 3.8) is 0 Å². The number of benzene rings is 1. The number of rotatable bonds is 5. The summed E-state index contributed by atoms with van der Waals surface area (Å²) >= 11 is 0. The predicted octanol–water partition coefficient (Wildman–Crippen LogP) is 2.34. The number of likely N-dealkylation sites (N-methyl/N-ethyl adjacent to an activating group) is 1. The van der Waals surface area contributed by atoms with Crippen LogP contribution < -0.4 is 5.73 Å². The second kappa shape index (κ2) is 6.41. The topological polar surface area (TPSA) is 45.4 Å². The first-order valence-electron chi connectivity index (χ1n) is 7.77. The van der Waals surface area contributed by atoms with Gasteiger partial charge in [-0.1, -0.05) is 6.07 Å². The van der Waals surface area contributed by atoms with Gasteiger partial charge in [-0.15, -0.1) is 0 Å². The largest absolute Gasteiger partial charge is 0.398 e. The van der Waals surface area contributed by atoms with Crippen LogP contribution >= 0.6 is 0 Å². The van der Waals surface area contributed by atoms with E-state index in [-0.39, 0.29) is 0 Å². The number of nitrogen functional groups attached to an aromatic ring is 1. The van der Waals surface area contributed by atoms with Gasteiger partial charge >= 0.3 is 0 Å². The normalized spacial score (nSPS) is 16.1. The third kappa shape index (κ3) is 3.34. The Hall–Kier alpha value is -1.65. The van der Waals surface area contributed by atoms with Crippen molar-refractivity contribution in [1.82, 2.24) is 14.8 Å². The molecule has 2 heterocycles. The van der Waals surface area contributed by atoms with E-state index in [2.05, 4.69) is 27.9 Å². The Morgan fingerprint density at radius 3 is 2.86 bits per heavy atom. The molecule has 0 aliphatic carbocycles. The maximum atomic E-state index is 6.04. The number of nitrogens with two attached hydrogens (primary N) is 1. The van der Waals surface area contributed by atoms with Crippen LogP contribution in [0.4, 0.5) is 5.69 Å². The standard InChI is InChI=1S/C17H24N4/c1-20(11-12-21-9-2-3-10-21)13-14-6-7-16(18)15-5-4-8-19-17(14)15/h4-8H,2-3,9-13,18H2,1H3. The molecular formula is C17H24N4. The van der Waals surface area contributed by atoms with Gasteiger partial charge in [-0.2, -0.15) is 0 Å². The Morgan fingerprint density at radius 1 is 1.24 bits per heavy atom. The van der Waals surface area contributed by atoms with Gasteiger partial charge in [0.05, 0.1) is 5.52 Å². The van der Waals surface area contributed by atoms with Gasteiger partial charge in [-0.25, -0.2) is 0 Å². The second-order valence-electron chi connectivity index (χ2n) is 6.00. The fourth-order valence-corrected chi connectivity index (χ4v) is 3.07. The number of likely N-dealkylation sites (tertiary alicyclic amines) is 1. The van der Waals surface area contributed by atoms with Crippen LogP contribution in [0, 0.1) is 0 Å². The fourth-order valence-electron chi connectivity index (χ4n) is 3.07. The molecule has 0 spiro atoms. The highest BCUT2D eigenvalue weighted by molar-refractivity contribution is 5.92. The Kier molecular flexibility index (Phi) is 4.36. The van der Waals surface area contributed by atoms with Crippen molar-refractivity contribution in [2.24, 2.45) is 0 Å². The quantitative estimate of drug-likeness (QED) is 0.856. The van der Waals surface area contributed by atoms with Crippen molar-refractivity contribution in [2.75, 3.05) is 39.0 Å². The van der Waals surface area contributed by atoms with Crippen molar-refractivity contribution in [3.8, 4) is 0 Å². The lowest BCUT2D eigenvalue weighted by Gasteiger charge is -2.21. The molecule has 3 rings (SSSR count). The first-order chi connectivity index (χ1) is 10.2. The van der Waals surface area contributed by atoms with Gasteiger partial charge in [0.25, 0.3) is 0 Å². The minimum Gasteiger partial charge on any atom is -0.398 e. The van der Waals surface area contributed by atoms with Gasteiger partial charge in [-0.3, -0.25) is 4.98 Å². The molecule has 1 aliphatic rings. The molecule has 1 saturated heterocycles. The maximum Gasteiger partial charge on any atom is 0.0767 e. The van der Waals surface area contributed by atoms with E-state index in [0.29, 0.717) is 0 Å². The molecule has 0 saturated carbocycles. The van der Waals surface area contributed by atoms with Crippen molar-refractivity contribution in [1.29, 1.82) is 0 Å². The van der Waals surface area contributed by atoms with E-state index in [9.17, 15) is 0 Å². The number of anilines is 1. The molecule has 0 amide bonds. The third-order valence-electron chi connectivity index (χ3n) is 4.32. The average molecular weight is 284 g/mol. The van der Waals surface area contributed by atoms with E-state index in [4.69, 9.17) is 5.73 Å². The Balaban J connectivity index is 1.68. The van der Waals surface area contributed by atoms with E-state index >= 15 is 0 Å². The summed E-state index contributed by atoms with van der Waals surface area (Å²) in [7, 11) is 2.18. The summed E-state index contributed by atoms with van der Waals surface area (Å²) in [5, 5.41) is 1.06. The van der Waals surface area contributed by atoms with Gasteiger partial charge in [-0.05, 0) is 56.7 Å². The van der Waals surface area contributed by atoms with Crippen molar-refractivity contribution in [3.05, 3.63) is 36.0 Å².